The van der Waals surface area contributed by atoms with Crippen LogP contribution in [0.4, 0.5) is 0 Å². The third-order valence-corrected chi connectivity index (χ3v) is 3.48. The lowest BCUT2D eigenvalue weighted by atomic mass is 9.98. The molecule has 1 aromatic rings. The molecule has 0 spiro atoms. The van der Waals surface area contributed by atoms with Crippen LogP contribution < -0.4 is 4.52 Å². The molecule has 1 aliphatic heterocycles. The van der Waals surface area contributed by atoms with Crippen LogP contribution in [0.25, 0.3) is 0 Å². The number of phenols is 1. The Balaban J connectivity index is 2.09. The van der Waals surface area contributed by atoms with E-state index in [-0.39, 0.29) is 5.75 Å². The fraction of sp³-hybridized carbons (Fsp3) is 0.500. The SMILES string of the molecule is OOCCCN1CCc2ccc(O)c(OP)c2C1. The van der Waals surface area contributed by atoms with Crippen LogP contribution in [0.2, 0.25) is 0 Å². The maximum atomic E-state index is 9.76. The highest BCUT2D eigenvalue weighted by Crippen LogP contribution is 2.36. The molecule has 6 heteroatoms. The van der Waals surface area contributed by atoms with Gasteiger partial charge in [0.25, 0.3) is 0 Å². The number of rotatable bonds is 5. The van der Waals surface area contributed by atoms with Crippen molar-refractivity contribution in [1.82, 2.24) is 4.90 Å². The molecule has 0 saturated carbocycles. The summed E-state index contributed by atoms with van der Waals surface area (Å²) in [5, 5.41) is 18.1. The van der Waals surface area contributed by atoms with E-state index in [1.807, 2.05) is 6.07 Å². The predicted octanol–water partition coefficient (Wildman–Crippen LogP) is 1.80. The third-order valence-electron chi connectivity index (χ3n) is 3.24. The molecule has 1 heterocycles. The van der Waals surface area contributed by atoms with E-state index in [1.54, 1.807) is 6.07 Å². The lowest BCUT2D eigenvalue weighted by molar-refractivity contribution is -0.243. The van der Waals surface area contributed by atoms with E-state index in [1.165, 1.54) is 5.56 Å². The monoisotopic (exact) mass is 271 g/mol. The zero-order valence-electron chi connectivity index (χ0n) is 10.1. The zero-order chi connectivity index (χ0) is 13.0. The molecule has 1 aliphatic rings. The van der Waals surface area contributed by atoms with Crippen molar-refractivity contribution in [2.75, 3.05) is 19.7 Å². The van der Waals surface area contributed by atoms with Crippen LogP contribution in [0.5, 0.6) is 11.5 Å². The van der Waals surface area contributed by atoms with Crippen molar-refractivity contribution >= 4 is 9.47 Å². The summed E-state index contributed by atoms with van der Waals surface area (Å²) in [6.45, 7) is 2.92. The van der Waals surface area contributed by atoms with Crippen LogP contribution >= 0.6 is 9.47 Å². The summed E-state index contributed by atoms with van der Waals surface area (Å²) in [5.74, 6) is 0.713. The van der Waals surface area contributed by atoms with Crippen molar-refractivity contribution in [2.24, 2.45) is 0 Å². The van der Waals surface area contributed by atoms with Gasteiger partial charge in [0.15, 0.2) is 11.5 Å². The smallest absolute Gasteiger partial charge is 0.168 e. The van der Waals surface area contributed by atoms with Crippen LogP contribution in [0.3, 0.4) is 0 Å². The second-order valence-electron chi connectivity index (χ2n) is 4.38. The molecule has 1 atom stereocenters. The van der Waals surface area contributed by atoms with E-state index in [9.17, 15) is 5.11 Å². The summed E-state index contributed by atoms with van der Waals surface area (Å²) >= 11 is 0. The Bertz CT molecular complexity index is 413. The van der Waals surface area contributed by atoms with Gasteiger partial charge in [-0.3, -0.25) is 10.2 Å². The van der Waals surface area contributed by atoms with E-state index in [4.69, 9.17) is 9.78 Å². The molecule has 0 radical (unpaired) electrons. The van der Waals surface area contributed by atoms with Crippen molar-refractivity contribution < 1.29 is 19.8 Å². The van der Waals surface area contributed by atoms with Crippen LogP contribution in [-0.2, 0) is 17.9 Å². The van der Waals surface area contributed by atoms with Gasteiger partial charge in [-0.25, -0.2) is 4.89 Å². The van der Waals surface area contributed by atoms with Crippen molar-refractivity contribution in [3.8, 4) is 11.5 Å². The number of nitrogens with zero attached hydrogens (tertiary/aromatic N) is 1. The largest absolute Gasteiger partial charge is 0.504 e. The quantitative estimate of drug-likeness (QED) is 0.370. The summed E-state index contributed by atoms with van der Waals surface area (Å²) < 4.78 is 5.19. The van der Waals surface area contributed by atoms with Gasteiger partial charge in [0.1, 0.15) is 0 Å². The molecule has 0 fully saturated rings. The normalized spacial score (nSPS) is 15.4. The van der Waals surface area contributed by atoms with Crippen LogP contribution in [0.1, 0.15) is 17.5 Å². The van der Waals surface area contributed by atoms with Crippen molar-refractivity contribution in [1.29, 1.82) is 0 Å². The Labute approximate surface area is 109 Å². The summed E-state index contributed by atoms with van der Waals surface area (Å²) in [6.07, 6.45) is 1.72. The minimum atomic E-state index is 0.171. The number of hydrogen-bond donors (Lipinski definition) is 2. The molecule has 0 amide bonds. The molecule has 18 heavy (non-hydrogen) atoms. The third kappa shape index (κ3) is 2.93. The molecule has 1 unspecified atom stereocenters. The van der Waals surface area contributed by atoms with Gasteiger partial charge in [0.05, 0.1) is 16.1 Å². The van der Waals surface area contributed by atoms with Crippen LogP contribution in [0, 0.1) is 0 Å². The Morgan fingerprint density at radius 2 is 2.22 bits per heavy atom. The minimum Gasteiger partial charge on any atom is -0.504 e. The van der Waals surface area contributed by atoms with Gasteiger partial charge < -0.3 is 9.63 Å². The van der Waals surface area contributed by atoms with Gasteiger partial charge in [-0.2, -0.15) is 0 Å². The molecular formula is C12H18NO4P. The topological polar surface area (TPSA) is 62.2 Å². The van der Waals surface area contributed by atoms with E-state index in [0.29, 0.717) is 12.4 Å². The predicted molar refractivity (Wildman–Crippen MR) is 70.6 cm³/mol. The Kier molecular flexibility index (Phi) is 4.78. The number of phenolic OH excluding ortho intramolecular Hbond substituents is 1. The lowest BCUT2D eigenvalue weighted by Crippen LogP contribution is -2.32. The first kappa shape index (κ1) is 13.6. The van der Waals surface area contributed by atoms with E-state index in [2.05, 4.69) is 19.3 Å². The van der Waals surface area contributed by atoms with Crippen LogP contribution in [0.15, 0.2) is 12.1 Å². The standard InChI is InChI=1S/C12H18NO4P/c14-11-3-2-9-4-6-13(5-1-7-16-15)8-10(9)12(11)17-18/h2-3,14-15H,1,4-8,18H2. The second-order valence-corrected chi connectivity index (χ2v) is 4.62. The summed E-state index contributed by atoms with van der Waals surface area (Å²) in [7, 11) is 2.18. The van der Waals surface area contributed by atoms with Gasteiger partial charge >= 0.3 is 0 Å². The molecule has 0 aliphatic carbocycles. The summed E-state index contributed by atoms with van der Waals surface area (Å²) in [6, 6.07) is 3.62. The first-order chi connectivity index (χ1) is 8.76. The van der Waals surface area contributed by atoms with E-state index in [0.717, 1.165) is 38.0 Å². The van der Waals surface area contributed by atoms with E-state index < -0.39 is 0 Å². The number of benzene rings is 1. The number of aromatic hydroxyl groups is 1. The average molecular weight is 271 g/mol. The van der Waals surface area contributed by atoms with Crippen molar-refractivity contribution in [3.63, 3.8) is 0 Å². The molecule has 0 aromatic heterocycles. The minimum absolute atomic E-state index is 0.171. The van der Waals surface area contributed by atoms with Crippen molar-refractivity contribution in [2.45, 2.75) is 19.4 Å². The van der Waals surface area contributed by atoms with Gasteiger partial charge in [-0.1, -0.05) is 6.07 Å². The lowest BCUT2D eigenvalue weighted by Gasteiger charge is -2.29. The molecular weight excluding hydrogens is 253 g/mol. The Morgan fingerprint density at radius 3 is 2.94 bits per heavy atom. The highest BCUT2D eigenvalue weighted by atomic mass is 31.0. The Hall–Kier alpha value is -0.870. The maximum absolute atomic E-state index is 9.76. The van der Waals surface area contributed by atoms with Gasteiger partial charge in [0.2, 0.25) is 0 Å². The molecule has 2 N–H and O–H groups in total. The molecule has 0 saturated heterocycles. The summed E-state index contributed by atoms with van der Waals surface area (Å²) in [5.41, 5.74) is 2.26. The summed E-state index contributed by atoms with van der Waals surface area (Å²) in [4.78, 5) is 6.33. The van der Waals surface area contributed by atoms with Gasteiger partial charge in [0, 0.05) is 25.2 Å². The van der Waals surface area contributed by atoms with Crippen LogP contribution in [-0.4, -0.2) is 35.0 Å². The molecule has 0 bridgehead atoms. The second kappa shape index (κ2) is 6.34. The fourth-order valence-corrected chi connectivity index (χ4v) is 2.58. The van der Waals surface area contributed by atoms with Gasteiger partial charge in [-0.15, -0.1) is 0 Å². The molecule has 5 nitrogen and oxygen atoms in total. The highest BCUT2D eigenvalue weighted by molar-refractivity contribution is 7.10. The van der Waals surface area contributed by atoms with Gasteiger partial charge in [-0.05, 0) is 24.5 Å². The average Bonchev–Trinajstić information content (AvgIpc) is 2.39. The van der Waals surface area contributed by atoms with E-state index >= 15 is 0 Å². The number of hydrogen-bond acceptors (Lipinski definition) is 5. The maximum Gasteiger partial charge on any atom is 0.168 e. The fourth-order valence-electron chi connectivity index (χ4n) is 2.32. The van der Waals surface area contributed by atoms with Crippen molar-refractivity contribution in [3.05, 3.63) is 23.3 Å². The highest BCUT2D eigenvalue weighted by Gasteiger charge is 2.21. The first-order valence-corrected chi connectivity index (χ1v) is 6.42. The first-order valence-electron chi connectivity index (χ1n) is 5.95. The molecule has 2 rings (SSSR count). The zero-order valence-corrected chi connectivity index (χ0v) is 11.3. The molecule has 1 aromatic carbocycles. The molecule has 100 valence electrons. The number of fused-ring (bicyclic) bond motifs is 1. The Morgan fingerprint density at radius 1 is 1.39 bits per heavy atom.